The first-order valence-corrected chi connectivity index (χ1v) is 4.88. The van der Waals surface area contributed by atoms with Gasteiger partial charge in [0.2, 0.25) is 0 Å². The fourth-order valence-corrected chi connectivity index (χ4v) is 1.51. The minimum absolute atomic E-state index is 0.553. The summed E-state index contributed by atoms with van der Waals surface area (Å²) in [7, 11) is 2.02. The van der Waals surface area contributed by atoms with Gasteiger partial charge in [-0.05, 0) is 24.0 Å². The van der Waals surface area contributed by atoms with Crippen LogP contribution in [0.15, 0.2) is 30.0 Å². The van der Waals surface area contributed by atoms with E-state index in [-0.39, 0.29) is 0 Å². The van der Waals surface area contributed by atoms with Gasteiger partial charge in [-0.25, -0.2) is 4.99 Å². The van der Waals surface area contributed by atoms with Gasteiger partial charge in [0.25, 0.3) is 0 Å². The van der Waals surface area contributed by atoms with E-state index in [0.29, 0.717) is 5.92 Å². The van der Waals surface area contributed by atoms with Gasteiger partial charge >= 0.3 is 0 Å². The largest absolute Gasteiger partial charge is 0.336 e. The van der Waals surface area contributed by atoms with Crippen molar-refractivity contribution in [1.82, 2.24) is 4.57 Å². The molecule has 0 aromatic carbocycles. The Balaban J connectivity index is 3.40. The molecule has 0 amide bonds. The maximum atomic E-state index is 4.23. The molecule has 0 unspecified atom stereocenters. The van der Waals surface area contributed by atoms with Gasteiger partial charge < -0.3 is 4.57 Å². The number of aryl methyl sites for hydroxylation is 2. The summed E-state index contributed by atoms with van der Waals surface area (Å²) in [6.07, 6.45) is 3.71. The Morgan fingerprint density at radius 3 is 2.57 bits per heavy atom. The van der Waals surface area contributed by atoms with E-state index in [0.717, 1.165) is 5.49 Å². The summed E-state index contributed by atoms with van der Waals surface area (Å²) in [4.78, 5) is 4.23. The Morgan fingerprint density at radius 2 is 2.14 bits per heavy atom. The van der Waals surface area contributed by atoms with Crippen LogP contribution in [0.1, 0.15) is 30.9 Å². The van der Waals surface area contributed by atoms with Crippen molar-refractivity contribution in [3.63, 3.8) is 0 Å². The highest BCUT2D eigenvalue weighted by atomic mass is 15.0. The van der Waals surface area contributed by atoms with Crippen LogP contribution in [0.4, 0.5) is 0 Å². The first-order chi connectivity index (χ1) is 6.56. The Labute approximate surface area is 85.6 Å². The Hall–Kier alpha value is -1.31. The molecule has 0 saturated carbocycles. The summed E-state index contributed by atoms with van der Waals surface area (Å²) < 4.78 is 2.05. The average Bonchev–Trinajstić information content (AvgIpc) is 2.10. The van der Waals surface area contributed by atoms with Crippen molar-refractivity contribution < 1.29 is 0 Å². The molecule has 0 saturated heterocycles. The predicted molar refractivity (Wildman–Crippen MR) is 60.0 cm³/mol. The summed E-state index contributed by atoms with van der Waals surface area (Å²) in [6, 6.07) is 2.19. The third-order valence-electron chi connectivity index (χ3n) is 2.29. The molecule has 2 nitrogen and oxygen atoms in total. The van der Waals surface area contributed by atoms with Gasteiger partial charge in [0, 0.05) is 19.4 Å². The third kappa shape index (κ3) is 2.13. The third-order valence-corrected chi connectivity index (χ3v) is 2.29. The molecule has 0 aliphatic rings. The molecule has 0 N–H and O–H groups in total. The zero-order valence-electron chi connectivity index (χ0n) is 9.41. The highest BCUT2D eigenvalue weighted by molar-refractivity contribution is 5.20. The number of hydrogen-bond donors (Lipinski definition) is 0. The highest BCUT2D eigenvalue weighted by Crippen LogP contribution is 2.12. The molecule has 0 atom stereocenters. The molecule has 0 fully saturated rings. The molecule has 0 aliphatic heterocycles. The van der Waals surface area contributed by atoms with Crippen LogP contribution in [0.2, 0.25) is 0 Å². The van der Waals surface area contributed by atoms with Gasteiger partial charge in [-0.1, -0.05) is 26.5 Å². The zero-order valence-corrected chi connectivity index (χ0v) is 9.41. The minimum Gasteiger partial charge on any atom is -0.336 e. The average molecular weight is 190 g/mol. The number of nitrogens with zero attached hydrogens (tertiary/aromatic N) is 2. The van der Waals surface area contributed by atoms with Crippen molar-refractivity contribution in [3.8, 4) is 0 Å². The first-order valence-electron chi connectivity index (χ1n) is 4.88. The van der Waals surface area contributed by atoms with Crippen LogP contribution in [0.3, 0.4) is 0 Å². The van der Waals surface area contributed by atoms with Crippen LogP contribution in [0.25, 0.3) is 0 Å². The van der Waals surface area contributed by atoms with Crippen molar-refractivity contribution in [1.29, 1.82) is 0 Å². The van der Waals surface area contributed by atoms with Crippen molar-refractivity contribution in [2.24, 2.45) is 12.0 Å². The van der Waals surface area contributed by atoms with E-state index in [4.69, 9.17) is 0 Å². The summed E-state index contributed by atoms with van der Waals surface area (Å²) in [5.41, 5.74) is 3.51. The zero-order chi connectivity index (χ0) is 10.7. The van der Waals surface area contributed by atoms with E-state index in [1.807, 2.05) is 11.6 Å². The van der Waals surface area contributed by atoms with Crippen LogP contribution < -0.4 is 5.49 Å². The van der Waals surface area contributed by atoms with Crippen LogP contribution >= 0.6 is 0 Å². The first kappa shape index (κ1) is 10.8. The lowest BCUT2D eigenvalue weighted by molar-refractivity contribution is 0.772. The van der Waals surface area contributed by atoms with Gasteiger partial charge in [-0.3, -0.25) is 0 Å². The molecule has 76 valence electrons. The van der Waals surface area contributed by atoms with E-state index in [1.54, 1.807) is 6.20 Å². The van der Waals surface area contributed by atoms with Crippen LogP contribution in [-0.4, -0.2) is 4.57 Å². The normalized spacial score (nSPS) is 12.2. The number of hydrogen-bond acceptors (Lipinski definition) is 1. The smallest absolute Gasteiger partial charge is 0.135 e. The monoisotopic (exact) mass is 190 g/mol. The minimum atomic E-state index is 0.553. The van der Waals surface area contributed by atoms with Gasteiger partial charge in [0.05, 0.1) is 0 Å². The lowest BCUT2D eigenvalue weighted by Gasteiger charge is -2.10. The van der Waals surface area contributed by atoms with Gasteiger partial charge in [0.15, 0.2) is 0 Å². The topological polar surface area (TPSA) is 17.3 Å². The van der Waals surface area contributed by atoms with E-state index < -0.39 is 0 Å². The fourth-order valence-electron chi connectivity index (χ4n) is 1.51. The molecule has 1 heterocycles. The molecule has 0 spiro atoms. The molecule has 1 aromatic rings. The van der Waals surface area contributed by atoms with E-state index in [2.05, 4.69) is 44.6 Å². The Morgan fingerprint density at radius 1 is 1.50 bits per heavy atom. The Kier molecular flexibility index (Phi) is 3.28. The number of aromatic nitrogens is 1. The molecule has 2 heteroatoms. The van der Waals surface area contributed by atoms with Crippen LogP contribution in [-0.2, 0) is 7.05 Å². The van der Waals surface area contributed by atoms with E-state index >= 15 is 0 Å². The maximum absolute atomic E-state index is 4.23. The standard InChI is InChI=1S/C12H18N2/c1-6-13-12-10(4)7-11(9(2)3)8-14(12)5/h6-9H,1H2,2-5H3/b13-12-. The van der Waals surface area contributed by atoms with Crippen molar-refractivity contribution in [2.45, 2.75) is 26.7 Å². The van der Waals surface area contributed by atoms with Crippen LogP contribution in [0, 0.1) is 6.92 Å². The number of rotatable bonds is 2. The van der Waals surface area contributed by atoms with Crippen LogP contribution in [0.5, 0.6) is 0 Å². The fraction of sp³-hybridized carbons (Fsp3) is 0.417. The van der Waals surface area contributed by atoms with Crippen molar-refractivity contribution in [3.05, 3.63) is 41.7 Å². The summed E-state index contributed by atoms with van der Waals surface area (Å²) in [6.45, 7) is 10.1. The summed E-state index contributed by atoms with van der Waals surface area (Å²) in [5.74, 6) is 0.553. The second-order valence-electron chi connectivity index (χ2n) is 3.86. The number of pyridine rings is 1. The SMILES string of the molecule is C=C/N=c1/c(C)cc(C(C)C)cn1C. The molecule has 14 heavy (non-hydrogen) atoms. The highest BCUT2D eigenvalue weighted by Gasteiger charge is 2.02. The summed E-state index contributed by atoms with van der Waals surface area (Å²) in [5, 5.41) is 0. The van der Waals surface area contributed by atoms with Gasteiger partial charge in [0.1, 0.15) is 5.49 Å². The molecule has 1 aromatic heterocycles. The van der Waals surface area contributed by atoms with Crippen molar-refractivity contribution in [2.75, 3.05) is 0 Å². The molecule has 1 rings (SSSR count). The lowest BCUT2D eigenvalue weighted by atomic mass is 10.0. The van der Waals surface area contributed by atoms with Gasteiger partial charge in [-0.15, -0.1) is 0 Å². The second kappa shape index (κ2) is 4.27. The summed E-state index contributed by atoms with van der Waals surface area (Å²) >= 11 is 0. The molecule has 0 radical (unpaired) electrons. The molecular weight excluding hydrogens is 172 g/mol. The second-order valence-corrected chi connectivity index (χ2v) is 3.86. The van der Waals surface area contributed by atoms with E-state index in [1.165, 1.54) is 11.1 Å². The van der Waals surface area contributed by atoms with Crippen molar-refractivity contribution >= 4 is 0 Å². The lowest BCUT2D eigenvalue weighted by Crippen LogP contribution is -2.21. The predicted octanol–water partition coefficient (Wildman–Crippen LogP) is 2.50. The van der Waals surface area contributed by atoms with Gasteiger partial charge in [-0.2, -0.15) is 0 Å². The van der Waals surface area contributed by atoms with E-state index in [9.17, 15) is 0 Å². The Bertz CT molecular complexity index is 371. The quantitative estimate of drug-likeness (QED) is 0.682. The maximum Gasteiger partial charge on any atom is 0.135 e. The molecule has 0 bridgehead atoms. The molecular formula is C12H18N2. The molecule has 0 aliphatic carbocycles.